The number of piperazine rings is 1. The Kier molecular flexibility index (Phi) is 4.54. The van der Waals surface area contributed by atoms with Crippen LogP contribution in [0.15, 0.2) is 18.2 Å². The van der Waals surface area contributed by atoms with Gasteiger partial charge in [0.25, 0.3) is 0 Å². The summed E-state index contributed by atoms with van der Waals surface area (Å²) in [7, 11) is 1.99. The Labute approximate surface area is 148 Å². The fourth-order valence-electron chi connectivity index (χ4n) is 3.96. The Bertz CT molecular complexity index is 645. The van der Waals surface area contributed by atoms with E-state index in [-0.39, 0.29) is 18.0 Å². The normalized spacial score (nSPS) is 27.0. The van der Waals surface area contributed by atoms with Gasteiger partial charge in [0.05, 0.1) is 6.04 Å². The van der Waals surface area contributed by atoms with Crippen LogP contribution in [0.5, 0.6) is 11.5 Å². The highest BCUT2D eigenvalue weighted by atomic mass is 16.7. The van der Waals surface area contributed by atoms with E-state index in [1.54, 1.807) is 0 Å². The highest BCUT2D eigenvalue weighted by molar-refractivity contribution is 5.82. The van der Waals surface area contributed by atoms with Crippen LogP contribution in [0.3, 0.4) is 0 Å². The molecule has 0 spiro atoms. The molecule has 1 aromatic rings. The lowest BCUT2D eigenvalue weighted by Gasteiger charge is -2.36. The van der Waals surface area contributed by atoms with Crippen LogP contribution in [-0.2, 0) is 11.3 Å². The van der Waals surface area contributed by atoms with Gasteiger partial charge in [-0.05, 0) is 31.2 Å². The number of ether oxygens (including phenoxy) is 2. The highest BCUT2D eigenvalue weighted by Crippen LogP contribution is 2.32. The molecule has 0 aliphatic carbocycles. The number of carbonyl (C=O) groups is 1. The van der Waals surface area contributed by atoms with Gasteiger partial charge in [-0.2, -0.15) is 0 Å². The number of benzene rings is 1. The lowest BCUT2D eigenvalue weighted by atomic mass is 10.1. The van der Waals surface area contributed by atoms with Crippen molar-refractivity contribution in [1.82, 2.24) is 14.7 Å². The third-order valence-electron chi connectivity index (χ3n) is 5.39. The molecule has 2 atom stereocenters. The molecule has 7 nitrogen and oxygen atoms in total. The average Bonchev–Trinajstić information content (AvgIpc) is 3.20. The maximum atomic E-state index is 12.7. The Balaban J connectivity index is 1.30. The van der Waals surface area contributed by atoms with Gasteiger partial charge in [-0.15, -0.1) is 0 Å². The first-order chi connectivity index (χ1) is 12.1. The predicted octanol–water partition coefficient (Wildman–Crippen LogP) is 0.0909. The van der Waals surface area contributed by atoms with E-state index in [0.29, 0.717) is 6.79 Å². The molecule has 2 saturated heterocycles. The van der Waals surface area contributed by atoms with Gasteiger partial charge in [0.2, 0.25) is 12.7 Å². The van der Waals surface area contributed by atoms with Crippen LogP contribution < -0.4 is 15.2 Å². The Morgan fingerprint density at radius 2 is 1.96 bits per heavy atom. The number of fused-ring (bicyclic) bond motifs is 1. The van der Waals surface area contributed by atoms with Crippen molar-refractivity contribution in [2.45, 2.75) is 25.0 Å². The number of hydrogen-bond donors (Lipinski definition) is 1. The number of nitrogens with zero attached hydrogens (tertiary/aromatic N) is 3. The minimum Gasteiger partial charge on any atom is -0.454 e. The lowest BCUT2D eigenvalue weighted by molar-refractivity contribution is -0.137. The summed E-state index contributed by atoms with van der Waals surface area (Å²) in [5.41, 5.74) is 7.20. The summed E-state index contributed by atoms with van der Waals surface area (Å²) >= 11 is 0. The number of nitrogens with two attached hydrogens (primary N) is 1. The van der Waals surface area contributed by atoms with Crippen molar-refractivity contribution in [2.75, 3.05) is 46.6 Å². The van der Waals surface area contributed by atoms with E-state index in [0.717, 1.165) is 57.2 Å². The number of likely N-dealkylation sites (tertiary alicyclic amines) is 1. The quantitative estimate of drug-likeness (QED) is 0.837. The fraction of sp³-hybridized carbons (Fsp3) is 0.611. The highest BCUT2D eigenvalue weighted by Gasteiger charge is 2.36. The second-order valence-electron chi connectivity index (χ2n) is 7.24. The topological polar surface area (TPSA) is 71.3 Å². The zero-order valence-electron chi connectivity index (χ0n) is 14.7. The van der Waals surface area contributed by atoms with Gasteiger partial charge in [0, 0.05) is 45.3 Å². The first-order valence-electron chi connectivity index (χ1n) is 8.95. The van der Waals surface area contributed by atoms with E-state index in [2.05, 4.69) is 21.9 Å². The predicted molar refractivity (Wildman–Crippen MR) is 93.4 cm³/mol. The maximum absolute atomic E-state index is 12.7. The smallest absolute Gasteiger partial charge is 0.240 e. The van der Waals surface area contributed by atoms with Gasteiger partial charge < -0.3 is 20.1 Å². The molecule has 0 radical (unpaired) electrons. The van der Waals surface area contributed by atoms with Gasteiger partial charge in [0.15, 0.2) is 11.5 Å². The van der Waals surface area contributed by atoms with Gasteiger partial charge in [-0.1, -0.05) is 6.07 Å². The number of hydrogen-bond acceptors (Lipinski definition) is 6. The van der Waals surface area contributed by atoms with Crippen molar-refractivity contribution in [1.29, 1.82) is 0 Å². The molecular weight excluding hydrogens is 320 g/mol. The number of rotatable bonds is 3. The van der Waals surface area contributed by atoms with E-state index in [4.69, 9.17) is 15.2 Å². The minimum atomic E-state index is -0.0459. The second kappa shape index (κ2) is 6.82. The van der Waals surface area contributed by atoms with E-state index in [9.17, 15) is 4.79 Å². The van der Waals surface area contributed by atoms with Crippen LogP contribution in [-0.4, -0.2) is 79.3 Å². The molecule has 25 heavy (non-hydrogen) atoms. The SMILES string of the molecule is CN1C[C@@H](N)C[C@H]1C(=O)N1CCN(Cc2ccc3c(c2)OCO3)CC1. The van der Waals surface area contributed by atoms with Crippen molar-refractivity contribution in [3.8, 4) is 11.5 Å². The molecule has 3 aliphatic rings. The lowest BCUT2D eigenvalue weighted by Crippen LogP contribution is -2.52. The number of carbonyl (C=O) groups excluding carboxylic acids is 1. The summed E-state index contributed by atoms with van der Waals surface area (Å²) < 4.78 is 10.8. The molecule has 3 heterocycles. The van der Waals surface area contributed by atoms with Crippen LogP contribution in [0.2, 0.25) is 0 Å². The Morgan fingerprint density at radius 3 is 2.68 bits per heavy atom. The van der Waals surface area contributed by atoms with Gasteiger partial charge in [-0.3, -0.25) is 14.6 Å². The monoisotopic (exact) mass is 346 g/mol. The van der Waals surface area contributed by atoms with Gasteiger partial charge in [-0.25, -0.2) is 0 Å². The molecule has 7 heteroatoms. The first-order valence-corrected chi connectivity index (χ1v) is 8.95. The molecule has 2 fully saturated rings. The van der Waals surface area contributed by atoms with Crippen molar-refractivity contribution >= 4 is 5.91 Å². The largest absolute Gasteiger partial charge is 0.454 e. The molecule has 136 valence electrons. The summed E-state index contributed by atoms with van der Waals surface area (Å²) in [6.45, 7) is 5.32. The van der Waals surface area contributed by atoms with Crippen molar-refractivity contribution in [3.63, 3.8) is 0 Å². The van der Waals surface area contributed by atoms with Crippen LogP contribution in [0.4, 0.5) is 0 Å². The van der Waals surface area contributed by atoms with Gasteiger partial charge in [0.1, 0.15) is 0 Å². The molecule has 1 aromatic carbocycles. The van der Waals surface area contributed by atoms with E-state index < -0.39 is 0 Å². The van der Waals surface area contributed by atoms with E-state index in [1.165, 1.54) is 5.56 Å². The van der Waals surface area contributed by atoms with Crippen LogP contribution >= 0.6 is 0 Å². The molecule has 4 rings (SSSR count). The van der Waals surface area contributed by atoms with Crippen molar-refractivity contribution < 1.29 is 14.3 Å². The second-order valence-corrected chi connectivity index (χ2v) is 7.24. The summed E-state index contributed by atoms with van der Waals surface area (Å²) in [6, 6.07) is 6.17. The zero-order valence-corrected chi connectivity index (χ0v) is 14.7. The summed E-state index contributed by atoms with van der Waals surface area (Å²) in [5, 5.41) is 0. The fourth-order valence-corrected chi connectivity index (χ4v) is 3.96. The van der Waals surface area contributed by atoms with E-state index >= 15 is 0 Å². The number of amides is 1. The first kappa shape index (κ1) is 16.6. The number of likely N-dealkylation sites (N-methyl/N-ethyl adjacent to an activating group) is 1. The van der Waals surface area contributed by atoms with E-state index in [1.807, 2.05) is 18.0 Å². The summed E-state index contributed by atoms with van der Waals surface area (Å²) in [5.74, 6) is 1.88. The summed E-state index contributed by atoms with van der Waals surface area (Å²) in [4.78, 5) is 19.2. The van der Waals surface area contributed by atoms with Gasteiger partial charge >= 0.3 is 0 Å². The molecular formula is C18H26N4O3. The van der Waals surface area contributed by atoms with Crippen molar-refractivity contribution in [3.05, 3.63) is 23.8 Å². The molecule has 0 saturated carbocycles. The van der Waals surface area contributed by atoms with Crippen molar-refractivity contribution in [2.24, 2.45) is 5.73 Å². The maximum Gasteiger partial charge on any atom is 0.240 e. The molecule has 0 unspecified atom stereocenters. The molecule has 3 aliphatic heterocycles. The third kappa shape index (κ3) is 3.44. The molecule has 1 amide bonds. The average molecular weight is 346 g/mol. The zero-order chi connectivity index (χ0) is 17.4. The molecule has 0 bridgehead atoms. The Morgan fingerprint density at radius 1 is 1.20 bits per heavy atom. The van der Waals surface area contributed by atoms with Crippen LogP contribution in [0.25, 0.3) is 0 Å². The standard InChI is InChI=1S/C18H26N4O3/c1-20-11-14(19)9-15(20)18(23)22-6-4-21(5-7-22)10-13-2-3-16-17(8-13)25-12-24-16/h2-3,8,14-15H,4-7,9-12,19H2,1H3/t14-,15-/m0/s1. The summed E-state index contributed by atoms with van der Waals surface area (Å²) in [6.07, 6.45) is 0.771. The molecule has 2 N–H and O–H groups in total. The Hall–Kier alpha value is -1.83. The van der Waals surface area contributed by atoms with Crippen LogP contribution in [0.1, 0.15) is 12.0 Å². The molecule has 0 aromatic heterocycles. The third-order valence-corrected chi connectivity index (χ3v) is 5.39. The minimum absolute atomic E-state index is 0.0459. The van der Waals surface area contributed by atoms with Crippen LogP contribution in [0, 0.1) is 0 Å².